The Morgan fingerprint density at radius 3 is 2.58 bits per heavy atom. The van der Waals surface area contributed by atoms with Crippen molar-refractivity contribution in [1.29, 1.82) is 0 Å². The lowest BCUT2D eigenvalue weighted by atomic mass is 9.90. The van der Waals surface area contributed by atoms with Gasteiger partial charge in [-0.2, -0.15) is 0 Å². The molecular formula is C16H21NO2. The van der Waals surface area contributed by atoms with E-state index in [0.29, 0.717) is 0 Å². The fourth-order valence-corrected chi connectivity index (χ4v) is 3.40. The number of amides is 1. The molecule has 1 saturated carbocycles. The third kappa shape index (κ3) is 2.22. The number of benzene rings is 1. The molecule has 3 rings (SSSR count). The van der Waals surface area contributed by atoms with Crippen molar-refractivity contribution in [3.8, 4) is 5.75 Å². The van der Waals surface area contributed by atoms with Crippen LogP contribution in [-0.4, -0.2) is 11.5 Å². The van der Waals surface area contributed by atoms with Gasteiger partial charge in [-0.15, -0.1) is 0 Å². The summed E-state index contributed by atoms with van der Waals surface area (Å²) in [5, 5.41) is 0. The maximum atomic E-state index is 11.8. The van der Waals surface area contributed by atoms with Crippen LogP contribution in [0.1, 0.15) is 49.7 Å². The molecule has 0 aliphatic heterocycles. The number of carbonyl (C=O) groups excluding carboxylic acids is 1. The van der Waals surface area contributed by atoms with Crippen molar-refractivity contribution in [2.45, 2.75) is 57.0 Å². The zero-order valence-corrected chi connectivity index (χ0v) is 11.3. The van der Waals surface area contributed by atoms with Crippen LogP contribution in [0.5, 0.6) is 5.75 Å². The van der Waals surface area contributed by atoms with Gasteiger partial charge in [-0.3, -0.25) is 4.79 Å². The molecule has 0 spiro atoms. The molecular weight excluding hydrogens is 238 g/mol. The van der Waals surface area contributed by atoms with Gasteiger partial charge in [-0.1, -0.05) is 12.1 Å². The van der Waals surface area contributed by atoms with Crippen LogP contribution in [0.25, 0.3) is 0 Å². The smallest absolute Gasteiger partial charge is 0.261 e. The lowest BCUT2D eigenvalue weighted by molar-refractivity contribution is -0.133. The third-order valence-electron chi connectivity index (χ3n) is 4.52. The summed E-state index contributed by atoms with van der Waals surface area (Å²) in [6.45, 7) is 0. The first-order valence-electron chi connectivity index (χ1n) is 7.31. The van der Waals surface area contributed by atoms with E-state index < -0.39 is 5.60 Å². The van der Waals surface area contributed by atoms with Crippen LogP contribution in [0.15, 0.2) is 18.2 Å². The Labute approximate surface area is 114 Å². The van der Waals surface area contributed by atoms with Crippen LogP contribution in [-0.2, 0) is 17.6 Å². The van der Waals surface area contributed by atoms with Crippen molar-refractivity contribution in [1.82, 2.24) is 0 Å². The van der Waals surface area contributed by atoms with Crippen molar-refractivity contribution in [3.63, 3.8) is 0 Å². The highest BCUT2D eigenvalue weighted by atomic mass is 16.5. The molecule has 0 heterocycles. The number of hydrogen-bond acceptors (Lipinski definition) is 2. The van der Waals surface area contributed by atoms with Gasteiger partial charge in [0.05, 0.1) is 0 Å². The first kappa shape index (κ1) is 12.5. The fourth-order valence-electron chi connectivity index (χ4n) is 3.40. The van der Waals surface area contributed by atoms with E-state index in [4.69, 9.17) is 10.5 Å². The number of rotatable bonds is 3. The molecule has 0 aromatic heterocycles. The summed E-state index contributed by atoms with van der Waals surface area (Å²) in [5.74, 6) is 0.580. The molecule has 1 fully saturated rings. The summed E-state index contributed by atoms with van der Waals surface area (Å²) in [4.78, 5) is 11.8. The number of hydrogen-bond donors (Lipinski definition) is 1. The summed E-state index contributed by atoms with van der Waals surface area (Å²) < 4.78 is 6.15. The van der Waals surface area contributed by atoms with Crippen molar-refractivity contribution < 1.29 is 9.53 Å². The molecule has 0 saturated heterocycles. The molecule has 0 bridgehead atoms. The summed E-state index contributed by atoms with van der Waals surface area (Å²) in [5.41, 5.74) is 7.50. The van der Waals surface area contributed by atoms with E-state index in [1.807, 2.05) is 12.1 Å². The van der Waals surface area contributed by atoms with Crippen LogP contribution in [0.3, 0.4) is 0 Å². The second-order valence-corrected chi connectivity index (χ2v) is 5.77. The van der Waals surface area contributed by atoms with E-state index in [0.717, 1.165) is 44.3 Å². The second kappa shape index (κ2) is 4.87. The van der Waals surface area contributed by atoms with Gasteiger partial charge in [0.2, 0.25) is 0 Å². The van der Waals surface area contributed by atoms with Gasteiger partial charge in [0.25, 0.3) is 5.91 Å². The predicted octanol–water partition coefficient (Wildman–Crippen LogP) is 2.74. The summed E-state index contributed by atoms with van der Waals surface area (Å²) in [6, 6.07) is 6.20. The normalized spacial score (nSPS) is 20.8. The number of primary amides is 1. The van der Waals surface area contributed by atoms with E-state index in [-0.39, 0.29) is 5.91 Å². The SMILES string of the molecule is NC(=O)C1(Oc2cccc3c2CCCC3)CCCC1. The van der Waals surface area contributed by atoms with Gasteiger partial charge in [-0.25, -0.2) is 0 Å². The van der Waals surface area contributed by atoms with Crippen LogP contribution in [0.4, 0.5) is 0 Å². The minimum atomic E-state index is -0.757. The molecule has 102 valence electrons. The topological polar surface area (TPSA) is 52.3 Å². The number of nitrogens with two attached hydrogens (primary N) is 1. The summed E-state index contributed by atoms with van der Waals surface area (Å²) >= 11 is 0. The molecule has 2 aliphatic rings. The highest BCUT2D eigenvalue weighted by Crippen LogP contribution is 2.37. The molecule has 3 heteroatoms. The fraction of sp³-hybridized carbons (Fsp3) is 0.562. The van der Waals surface area contributed by atoms with E-state index >= 15 is 0 Å². The predicted molar refractivity (Wildman–Crippen MR) is 74.1 cm³/mol. The molecule has 2 aliphatic carbocycles. The monoisotopic (exact) mass is 259 g/mol. The van der Waals surface area contributed by atoms with Gasteiger partial charge in [-0.05, 0) is 68.6 Å². The van der Waals surface area contributed by atoms with E-state index in [9.17, 15) is 4.79 Å². The minimum absolute atomic E-state index is 0.307. The number of carbonyl (C=O) groups is 1. The zero-order valence-electron chi connectivity index (χ0n) is 11.3. The molecule has 0 radical (unpaired) electrons. The second-order valence-electron chi connectivity index (χ2n) is 5.77. The molecule has 19 heavy (non-hydrogen) atoms. The lowest BCUT2D eigenvalue weighted by Gasteiger charge is -2.29. The van der Waals surface area contributed by atoms with E-state index in [1.54, 1.807) is 0 Å². The average Bonchev–Trinajstić information content (AvgIpc) is 2.89. The Hall–Kier alpha value is -1.51. The van der Waals surface area contributed by atoms with Crippen LogP contribution in [0.2, 0.25) is 0 Å². The minimum Gasteiger partial charge on any atom is -0.477 e. The molecule has 1 aromatic rings. The quantitative estimate of drug-likeness (QED) is 0.907. The Balaban J connectivity index is 1.92. The molecule has 1 aromatic carbocycles. The third-order valence-corrected chi connectivity index (χ3v) is 4.52. The molecule has 2 N–H and O–H groups in total. The van der Waals surface area contributed by atoms with Crippen molar-refractivity contribution in [2.75, 3.05) is 0 Å². The van der Waals surface area contributed by atoms with Gasteiger partial charge in [0, 0.05) is 0 Å². The highest BCUT2D eigenvalue weighted by Gasteiger charge is 2.42. The maximum absolute atomic E-state index is 11.8. The largest absolute Gasteiger partial charge is 0.477 e. The number of ether oxygens (including phenoxy) is 1. The first-order valence-corrected chi connectivity index (χ1v) is 7.31. The highest BCUT2D eigenvalue weighted by molar-refractivity contribution is 5.84. The summed E-state index contributed by atoms with van der Waals surface area (Å²) in [6.07, 6.45) is 8.19. The maximum Gasteiger partial charge on any atom is 0.261 e. The van der Waals surface area contributed by atoms with Gasteiger partial charge < -0.3 is 10.5 Å². The van der Waals surface area contributed by atoms with Crippen molar-refractivity contribution in [3.05, 3.63) is 29.3 Å². The standard InChI is InChI=1S/C16H21NO2/c17-15(18)16(10-3-4-11-16)19-14-9-5-7-12-6-1-2-8-13(12)14/h5,7,9H,1-4,6,8,10-11H2,(H2,17,18). The lowest BCUT2D eigenvalue weighted by Crippen LogP contribution is -2.46. The average molecular weight is 259 g/mol. The summed E-state index contributed by atoms with van der Waals surface area (Å²) in [7, 11) is 0. The Bertz CT molecular complexity index is 490. The molecule has 1 amide bonds. The van der Waals surface area contributed by atoms with E-state index in [2.05, 4.69) is 6.07 Å². The number of fused-ring (bicyclic) bond motifs is 1. The Morgan fingerprint density at radius 2 is 1.84 bits per heavy atom. The van der Waals surface area contributed by atoms with Gasteiger partial charge in [0.15, 0.2) is 5.60 Å². The van der Waals surface area contributed by atoms with Gasteiger partial charge in [0.1, 0.15) is 5.75 Å². The van der Waals surface area contributed by atoms with E-state index in [1.165, 1.54) is 24.0 Å². The van der Waals surface area contributed by atoms with Crippen LogP contribution < -0.4 is 10.5 Å². The van der Waals surface area contributed by atoms with Crippen LogP contribution in [0, 0.1) is 0 Å². The molecule has 0 atom stereocenters. The zero-order chi connectivity index (χ0) is 13.3. The first-order chi connectivity index (χ1) is 9.21. The number of aryl methyl sites for hydroxylation is 1. The Morgan fingerprint density at radius 1 is 1.11 bits per heavy atom. The molecule has 0 unspecified atom stereocenters. The van der Waals surface area contributed by atoms with Gasteiger partial charge >= 0.3 is 0 Å². The molecule has 3 nitrogen and oxygen atoms in total. The van der Waals surface area contributed by atoms with Crippen molar-refractivity contribution in [2.24, 2.45) is 5.73 Å². The Kier molecular flexibility index (Phi) is 3.21. The van der Waals surface area contributed by atoms with Crippen LogP contribution >= 0.6 is 0 Å². The van der Waals surface area contributed by atoms with Crippen molar-refractivity contribution >= 4 is 5.91 Å².